The van der Waals surface area contributed by atoms with Crippen LogP contribution < -0.4 is 0 Å². The van der Waals surface area contributed by atoms with Crippen molar-refractivity contribution < 1.29 is 36.3 Å². The summed E-state index contributed by atoms with van der Waals surface area (Å²) >= 11 is 10.9. The SMILES string of the molecule is CCC(=O)C1C2CC[C@H](C[C@@H]1c1ccc(F)cc1)N2CCCN(CC[S-])CC(=O)[N-]CC[S-].[O]=[Tc+4]. The molecule has 35 heavy (non-hydrogen) atoms. The van der Waals surface area contributed by atoms with Crippen molar-refractivity contribution >= 4 is 36.9 Å². The Hall–Kier alpha value is -0.641. The van der Waals surface area contributed by atoms with Gasteiger partial charge in [-0.1, -0.05) is 19.1 Å². The molecule has 0 spiro atoms. The van der Waals surface area contributed by atoms with Crippen LogP contribution in [0.2, 0.25) is 0 Å². The van der Waals surface area contributed by atoms with Gasteiger partial charge in [0.2, 0.25) is 0 Å². The quantitative estimate of drug-likeness (QED) is 0.319. The Balaban J connectivity index is 0.00000210. The van der Waals surface area contributed by atoms with Gasteiger partial charge in [-0.15, -0.1) is 0 Å². The summed E-state index contributed by atoms with van der Waals surface area (Å²) in [6.07, 6.45) is 4.52. The molecule has 0 radical (unpaired) electrons. The molecule has 2 bridgehead atoms. The van der Waals surface area contributed by atoms with E-state index in [0.717, 1.165) is 63.2 Å². The second-order valence-corrected chi connectivity index (χ2v) is 9.91. The summed E-state index contributed by atoms with van der Waals surface area (Å²) in [7, 11) is 0. The van der Waals surface area contributed by atoms with Crippen LogP contribution in [-0.2, 0) is 57.2 Å². The molecule has 10 heteroatoms. The van der Waals surface area contributed by atoms with Crippen molar-refractivity contribution in [3.63, 3.8) is 0 Å². The Bertz CT molecular complexity index is 805. The number of piperidine rings is 1. The van der Waals surface area contributed by atoms with E-state index in [1.807, 2.05) is 19.1 Å². The zero-order chi connectivity index (χ0) is 25.8. The van der Waals surface area contributed by atoms with Gasteiger partial charge in [-0.05, 0) is 68.9 Å². The first-order valence-electron chi connectivity index (χ1n) is 12.3. The van der Waals surface area contributed by atoms with Crippen LogP contribution >= 0.6 is 0 Å². The van der Waals surface area contributed by atoms with E-state index in [2.05, 4.69) is 15.1 Å². The van der Waals surface area contributed by atoms with Crippen LogP contribution in [0.1, 0.15) is 50.5 Å². The Morgan fingerprint density at radius 1 is 1.14 bits per heavy atom. The van der Waals surface area contributed by atoms with Crippen LogP contribution in [0.5, 0.6) is 0 Å². The van der Waals surface area contributed by atoms with Crippen molar-refractivity contribution in [1.82, 2.24) is 9.80 Å². The summed E-state index contributed by atoms with van der Waals surface area (Å²) in [6.45, 7) is 5.02. The van der Waals surface area contributed by atoms with E-state index in [-0.39, 0.29) is 29.6 Å². The Morgan fingerprint density at radius 3 is 2.49 bits per heavy atom. The molecule has 1 aromatic carbocycles. The molecule has 0 saturated carbocycles. The zero-order valence-corrected chi connectivity index (χ0v) is 23.7. The molecule has 1 aromatic rings. The topological polar surface area (TPSA) is 71.8 Å². The Morgan fingerprint density at radius 2 is 1.86 bits per heavy atom. The maximum atomic E-state index is 13.5. The molecule has 2 fully saturated rings. The van der Waals surface area contributed by atoms with E-state index < -0.39 is 0 Å². The average molecular weight is 607 g/mol. The molecule has 2 heterocycles. The number of Topliss-reactive ketones (excluding diaryl/α,β-unsaturated/α-hetero) is 1. The fraction of sp³-hybridized carbons (Fsp3) is 0.680. The standard InChI is InChI=1S/C25H38FN3O2S2.O.Tc/c1-2-23(30)25-21(18-4-6-19(26)7-5-18)16-20-8-9-22(25)29(20)12-3-11-28(13-15-33)17-24(31)27-10-14-32;;/h4-7,20-22,25H,2-3,8-17H2,1H3,(H3,27,31,32,33);;/q;;+4/p-3/t20-,21-,22?,25?;;/m1../s1. The number of amides is 1. The van der Waals surface area contributed by atoms with Gasteiger partial charge in [-0.25, -0.2) is 4.39 Å². The van der Waals surface area contributed by atoms with Crippen LogP contribution in [0.4, 0.5) is 4.39 Å². The third-order valence-corrected chi connectivity index (χ3v) is 7.48. The first kappa shape index (κ1) is 30.6. The van der Waals surface area contributed by atoms with Gasteiger partial charge >= 0.3 is 22.4 Å². The van der Waals surface area contributed by atoms with Crippen molar-refractivity contribution in [2.75, 3.05) is 44.2 Å². The molecular weight excluding hydrogens is 571 g/mol. The Labute approximate surface area is 230 Å². The fourth-order valence-corrected chi connectivity index (χ4v) is 6.03. The number of carbonyl (C=O) groups excluding carboxylic acids is 2. The maximum absolute atomic E-state index is 13.5. The van der Waals surface area contributed by atoms with Crippen molar-refractivity contribution in [2.24, 2.45) is 5.92 Å². The van der Waals surface area contributed by atoms with Crippen molar-refractivity contribution in [1.29, 1.82) is 0 Å². The summed E-state index contributed by atoms with van der Waals surface area (Å²) in [5.74, 6) is 1.10. The van der Waals surface area contributed by atoms with Gasteiger partial charge in [0.25, 0.3) is 0 Å². The number of carbonyl (C=O) groups is 2. The number of hydrogen-bond acceptors (Lipinski definition) is 7. The third-order valence-electron chi connectivity index (χ3n) is 7.12. The predicted octanol–water partition coefficient (Wildman–Crippen LogP) is 3.31. The van der Waals surface area contributed by atoms with Gasteiger partial charge in [-0.3, -0.25) is 14.6 Å². The van der Waals surface area contributed by atoms with Crippen LogP contribution in [0.3, 0.4) is 0 Å². The number of nitrogens with zero attached hydrogens (tertiary/aromatic N) is 3. The van der Waals surface area contributed by atoms with E-state index in [0.29, 0.717) is 49.4 Å². The predicted molar refractivity (Wildman–Crippen MR) is 136 cm³/mol. The average Bonchev–Trinajstić information content (AvgIpc) is 3.14. The molecule has 0 N–H and O–H groups in total. The molecule has 1 amide bonds. The van der Waals surface area contributed by atoms with Crippen molar-refractivity contribution in [2.45, 2.75) is 57.0 Å². The van der Waals surface area contributed by atoms with Crippen LogP contribution in [0, 0.1) is 11.7 Å². The summed E-state index contributed by atoms with van der Waals surface area (Å²) in [5, 5.41) is 3.99. The number of fused-ring (bicyclic) bond motifs is 2. The summed E-state index contributed by atoms with van der Waals surface area (Å²) in [4.78, 5) is 29.7. The van der Waals surface area contributed by atoms with E-state index in [9.17, 15) is 14.0 Å². The molecule has 3 rings (SSSR count). The van der Waals surface area contributed by atoms with Crippen LogP contribution in [0.25, 0.3) is 5.32 Å². The van der Waals surface area contributed by atoms with E-state index >= 15 is 0 Å². The molecule has 0 aliphatic carbocycles. The third kappa shape index (κ3) is 8.71. The minimum absolute atomic E-state index is 0.0401. The zero-order valence-electron chi connectivity index (χ0n) is 20.2. The molecule has 193 valence electrons. The molecule has 4 atom stereocenters. The van der Waals surface area contributed by atoms with E-state index in [1.54, 1.807) is 0 Å². The number of rotatable bonds is 13. The van der Waals surface area contributed by atoms with E-state index in [4.69, 9.17) is 28.8 Å². The molecule has 2 unspecified atom stereocenters. The van der Waals surface area contributed by atoms with Gasteiger partial charge in [-0.2, -0.15) is 18.1 Å². The summed E-state index contributed by atoms with van der Waals surface area (Å²) < 4.78 is 21.7. The van der Waals surface area contributed by atoms with Crippen LogP contribution in [0.15, 0.2) is 24.3 Å². The Kier molecular flexibility index (Phi) is 14.2. The van der Waals surface area contributed by atoms with Gasteiger partial charge in [0.05, 0.1) is 5.91 Å². The summed E-state index contributed by atoms with van der Waals surface area (Å²) in [5.41, 5.74) is 1.08. The molecule has 0 aromatic heterocycles. The molecule has 2 saturated heterocycles. The second-order valence-electron chi connectivity index (χ2n) is 9.09. The van der Waals surface area contributed by atoms with Crippen molar-refractivity contribution in [3.05, 3.63) is 41.0 Å². The first-order chi connectivity index (χ1) is 17.0. The monoisotopic (exact) mass is 605 g/mol. The van der Waals surface area contributed by atoms with Gasteiger partial charge in [0, 0.05) is 31.0 Å². The molecule has 2 aliphatic rings. The number of halogens is 1. The van der Waals surface area contributed by atoms with E-state index in [1.165, 1.54) is 12.1 Å². The molecule has 6 nitrogen and oxygen atoms in total. The van der Waals surface area contributed by atoms with Gasteiger partial charge in [0.15, 0.2) is 0 Å². The van der Waals surface area contributed by atoms with Gasteiger partial charge < -0.3 is 35.4 Å². The fourth-order valence-electron chi connectivity index (χ4n) is 5.68. The number of hydrogen-bond donors (Lipinski definition) is 0. The first-order valence-corrected chi connectivity index (χ1v) is 14.2. The van der Waals surface area contributed by atoms with Gasteiger partial charge in [0.1, 0.15) is 11.6 Å². The van der Waals surface area contributed by atoms with Crippen LogP contribution in [-0.4, -0.2) is 77.8 Å². The number of ketones is 1. The molecule has 2 aliphatic heterocycles. The second kappa shape index (κ2) is 16.3. The minimum atomic E-state index is -0.239. The normalized spacial score (nSPS) is 23.6. The van der Waals surface area contributed by atoms with Crippen molar-refractivity contribution in [3.8, 4) is 0 Å². The summed E-state index contributed by atoms with van der Waals surface area (Å²) in [6, 6.07) is 7.40. The molecular formula is C25H35FN3O3S2Tc+. The number of benzene rings is 1.